The molecule has 1 unspecified atom stereocenters. The summed E-state index contributed by atoms with van der Waals surface area (Å²) in [4.78, 5) is 38.7. The third kappa shape index (κ3) is 4.22. The second kappa shape index (κ2) is 8.07. The molecular formula is C19H23Cl2N3O3. The van der Waals surface area contributed by atoms with Crippen LogP contribution in [0.25, 0.3) is 0 Å². The molecule has 0 aromatic heterocycles. The van der Waals surface area contributed by atoms with Crippen molar-refractivity contribution >= 4 is 41.0 Å². The van der Waals surface area contributed by atoms with Crippen molar-refractivity contribution in [2.75, 3.05) is 6.54 Å². The lowest BCUT2D eigenvalue weighted by Crippen LogP contribution is -2.45. The van der Waals surface area contributed by atoms with E-state index in [1.807, 2.05) is 0 Å². The fraction of sp³-hybridized carbons (Fsp3) is 0.526. The van der Waals surface area contributed by atoms with Gasteiger partial charge in [0.15, 0.2) is 0 Å². The minimum absolute atomic E-state index is 0.109. The average Bonchev–Trinajstić information content (AvgIpc) is 2.78. The molecule has 2 N–H and O–H groups in total. The molecule has 1 atom stereocenters. The highest BCUT2D eigenvalue weighted by Gasteiger charge is 2.50. The van der Waals surface area contributed by atoms with E-state index in [4.69, 9.17) is 23.2 Å². The van der Waals surface area contributed by atoms with Gasteiger partial charge in [-0.3, -0.25) is 14.5 Å². The van der Waals surface area contributed by atoms with E-state index in [-0.39, 0.29) is 23.5 Å². The van der Waals surface area contributed by atoms with Crippen LogP contribution in [0, 0.1) is 0 Å². The van der Waals surface area contributed by atoms with E-state index < -0.39 is 17.5 Å². The fourth-order valence-corrected chi connectivity index (χ4v) is 4.36. The number of carbonyl (C=O) groups excluding carboxylic acids is 3. The first-order valence-corrected chi connectivity index (χ1v) is 9.96. The van der Waals surface area contributed by atoms with Crippen LogP contribution in [0.15, 0.2) is 18.2 Å². The predicted octanol–water partition coefficient (Wildman–Crippen LogP) is 3.60. The molecular weight excluding hydrogens is 389 g/mol. The number of carbonyl (C=O) groups is 3. The van der Waals surface area contributed by atoms with Crippen molar-refractivity contribution in [2.45, 2.75) is 57.0 Å². The van der Waals surface area contributed by atoms with Gasteiger partial charge in [-0.2, -0.15) is 0 Å². The van der Waals surface area contributed by atoms with Gasteiger partial charge in [0.05, 0.1) is 0 Å². The molecule has 1 saturated carbocycles. The topological polar surface area (TPSA) is 78.5 Å². The van der Waals surface area contributed by atoms with Gasteiger partial charge in [-0.25, -0.2) is 4.79 Å². The third-order valence-corrected chi connectivity index (χ3v) is 5.81. The lowest BCUT2D eigenvalue weighted by Gasteiger charge is -2.23. The Morgan fingerprint density at radius 1 is 1.22 bits per heavy atom. The number of nitrogens with one attached hydrogen (secondary N) is 2. The summed E-state index contributed by atoms with van der Waals surface area (Å²) < 4.78 is 0. The normalized spacial score (nSPS) is 23.9. The summed E-state index contributed by atoms with van der Waals surface area (Å²) in [6.07, 6.45) is 6.40. The Kier molecular flexibility index (Phi) is 5.96. The van der Waals surface area contributed by atoms with Gasteiger partial charge in [-0.05, 0) is 31.9 Å². The van der Waals surface area contributed by atoms with Crippen molar-refractivity contribution in [3.05, 3.63) is 33.8 Å². The van der Waals surface area contributed by atoms with Crippen LogP contribution < -0.4 is 10.6 Å². The maximum absolute atomic E-state index is 12.9. The number of imide groups is 1. The van der Waals surface area contributed by atoms with Gasteiger partial charge in [0.2, 0.25) is 5.91 Å². The molecule has 6 nitrogen and oxygen atoms in total. The van der Waals surface area contributed by atoms with Crippen molar-refractivity contribution in [3.8, 4) is 0 Å². The summed E-state index contributed by atoms with van der Waals surface area (Å²) in [5.41, 5.74) is -0.889. The number of rotatable bonds is 4. The van der Waals surface area contributed by atoms with Crippen molar-refractivity contribution in [1.82, 2.24) is 15.5 Å². The molecule has 2 aliphatic rings. The highest BCUT2D eigenvalue weighted by atomic mass is 35.5. The van der Waals surface area contributed by atoms with Crippen molar-refractivity contribution in [2.24, 2.45) is 0 Å². The van der Waals surface area contributed by atoms with E-state index in [1.165, 1.54) is 18.9 Å². The molecule has 2 fully saturated rings. The highest BCUT2D eigenvalue weighted by molar-refractivity contribution is 6.35. The highest BCUT2D eigenvalue weighted by Crippen LogP contribution is 2.34. The van der Waals surface area contributed by atoms with Crippen molar-refractivity contribution < 1.29 is 14.4 Å². The molecule has 1 heterocycles. The summed E-state index contributed by atoms with van der Waals surface area (Å²) in [5, 5.41) is 6.33. The number of hydrogen-bond acceptors (Lipinski definition) is 3. The Labute approximate surface area is 168 Å². The van der Waals surface area contributed by atoms with E-state index in [2.05, 4.69) is 10.6 Å². The maximum atomic E-state index is 12.9. The predicted molar refractivity (Wildman–Crippen MR) is 104 cm³/mol. The minimum atomic E-state index is -1.33. The lowest BCUT2D eigenvalue weighted by molar-refractivity contribution is -0.135. The molecule has 0 bridgehead atoms. The van der Waals surface area contributed by atoms with Gasteiger partial charge in [-0.1, -0.05) is 55.0 Å². The van der Waals surface area contributed by atoms with Crippen LogP contribution >= 0.6 is 23.2 Å². The van der Waals surface area contributed by atoms with Crippen LogP contribution in [-0.4, -0.2) is 35.3 Å². The minimum Gasteiger partial charge on any atom is -0.352 e. The molecule has 0 radical (unpaired) electrons. The molecule has 1 aliphatic carbocycles. The molecule has 1 aromatic carbocycles. The first-order valence-electron chi connectivity index (χ1n) is 9.20. The Hall–Kier alpha value is -1.79. The summed E-state index contributed by atoms with van der Waals surface area (Å²) >= 11 is 12.1. The molecule has 1 saturated heterocycles. The Bertz CT molecular complexity index is 763. The largest absolute Gasteiger partial charge is 0.352 e. The summed E-state index contributed by atoms with van der Waals surface area (Å²) in [7, 11) is 0. The molecule has 8 heteroatoms. The van der Waals surface area contributed by atoms with E-state index in [0.29, 0.717) is 10.6 Å². The second-order valence-electron chi connectivity index (χ2n) is 7.33. The Morgan fingerprint density at radius 3 is 2.52 bits per heavy atom. The molecule has 146 valence electrons. The smallest absolute Gasteiger partial charge is 0.325 e. The second-order valence-corrected chi connectivity index (χ2v) is 8.17. The Morgan fingerprint density at radius 2 is 1.89 bits per heavy atom. The maximum Gasteiger partial charge on any atom is 0.325 e. The van der Waals surface area contributed by atoms with E-state index in [9.17, 15) is 14.4 Å². The zero-order chi connectivity index (χ0) is 19.6. The molecule has 27 heavy (non-hydrogen) atoms. The molecule has 4 amide bonds. The monoisotopic (exact) mass is 411 g/mol. The number of hydrogen-bond donors (Lipinski definition) is 2. The van der Waals surface area contributed by atoms with Crippen LogP contribution in [0.4, 0.5) is 4.79 Å². The first-order chi connectivity index (χ1) is 12.8. The number of benzene rings is 1. The van der Waals surface area contributed by atoms with Crippen molar-refractivity contribution in [3.63, 3.8) is 0 Å². The van der Waals surface area contributed by atoms with Crippen molar-refractivity contribution in [1.29, 1.82) is 0 Å². The standard InChI is InChI=1S/C19H23Cl2N3O3/c1-19(14-9-8-12(20)10-15(14)21)17(26)24(18(27)23-19)11-16(25)22-13-6-4-2-3-5-7-13/h8-10,13H,2-7,11H2,1H3,(H,22,25)(H,23,27). The summed E-state index contributed by atoms with van der Waals surface area (Å²) in [5.74, 6) is -0.829. The van der Waals surface area contributed by atoms with Crippen LogP contribution in [-0.2, 0) is 15.1 Å². The zero-order valence-corrected chi connectivity index (χ0v) is 16.7. The first kappa shape index (κ1) is 20.0. The van der Waals surface area contributed by atoms with E-state index >= 15 is 0 Å². The molecule has 1 aliphatic heterocycles. The van der Waals surface area contributed by atoms with E-state index in [0.717, 1.165) is 30.6 Å². The van der Waals surface area contributed by atoms with Gasteiger partial charge in [0, 0.05) is 21.7 Å². The van der Waals surface area contributed by atoms with Gasteiger partial charge in [-0.15, -0.1) is 0 Å². The summed E-state index contributed by atoms with van der Waals surface area (Å²) in [6.45, 7) is 1.27. The van der Waals surface area contributed by atoms with Gasteiger partial charge >= 0.3 is 6.03 Å². The molecule has 1 aromatic rings. The molecule has 0 spiro atoms. The number of nitrogens with zero attached hydrogens (tertiary/aromatic N) is 1. The van der Waals surface area contributed by atoms with Gasteiger partial charge < -0.3 is 10.6 Å². The SMILES string of the molecule is CC1(c2ccc(Cl)cc2Cl)NC(=O)N(CC(=O)NC2CCCCCC2)C1=O. The average molecular weight is 412 g/mol. The van der Waals surface area contributed by atoms with Gasteiger partial charge in [0.1, 0.15) is 12.1 Å². The number of amides is 4. The van der Waals surface area contributed by atoms with Crippen LogP contribution in [0.2, 0.25) is 10.0 Å². The zero-order valence-electron chi connectivity index (χ0n) is 15.2. The van der Waals surface area contributed by atoms with E-state index in [1.54, 1.807) is 19.1 Å². The van der Waals surface area contributed by atoms with Crippen LogP contribution in [0.3, 0.4) is 0 Å². The fourth-order valence-electron chi connectivity index (χ4n) is 3.76. The molecule has 3 rings (SSSR count). The Balaban J connectivity index is 1.71. The number of halogens is 2. The van der Waals surface area contributed by atoms with Gasteiger partial charge in [0.25, 0.3) is 5.91 Å². The summed E-state index contributed by atoms with van der Waals surface area (Å²) in [6, 6.07) is 4.24. The quantitative estimate of drug-likeness (QED) is 0.586. The number of urea groups is 1. The third-order valence-electron chi connectivity index (χ3n) is 5.27. The lowest BCUT2D eigenvalue weighted by atomic mass is 9.92. The van der Waals surface area contributed by atoms with Crippen LogP contribution in [0.1, 0.15) is 51.0 Å². The van der Waals surface area contributed by atoms with Crippen LogP contribution in [0.5, 0.6) is 0 Å².